The lowest BCUT2D eigenvalue weighted by Crippen LogP contribution is -2.11. The van der Waals surface area contributed by atoms with Crippen LogP contribution in [-0.4, -0.2) is 7.11 Å². The predicted molar refractivity (Wildman–Crippen MR) is 63.7 cm³/mol. The molecule has 0 bridgehead atoms. The lowest BCUT2D eigenvalue weighted by molar-refractivity contribution is 0.407. The van der Waals surface area contributed by atoms with Crippen molar-refractivity contribution in [1.82, 2.24) is 0 Å². The van der Waals surface area contributed by atoms with Crippen LogP contribution in [0.15, 0.2) is 12.1 Å². The first-order valence-corrected chi connectivity index (χ1v) is 5.96. The van der Waals surface area contributed by atoms with Crippen LogP contribution in [0, 0.1) is 0 Å². The smallest absolute Gasteiger partial charge is 0.122 e. The molecule has 0 fully saturated rings. The quantitative estimate of drug-likeness (QED) is 0.713. The Hall–Kier alpha value is -0.980. The summed E-state index contributed by atoms with van der Waals surface area (Å²) in [5.41, 5.74) is 4.55. The summed E-state index contributed by atoms with van der Waals surface area (Å²) in [6, 6.07) is 4.39. The van der Waals surface area contributed by atoms with Gasteiger partial charge in [-0.05, 0) is 54.4 Å². The van der Waals surface area contributed by atoms with E-state index in [4.69, 9.17) is 4.74 Å². The van der Waals surface area contributed by atoms with Crippen LogP contribution in [0.25, 0.3) is 0 Å². The Labute approximate surface area is 92.5 Å². The lowest BCUT2D eigenvalue weighted by Gasteiger charge is -2.26. The molecule has 0 N–H and O–H groups in total. The number of hydrogen-bond donors (Lipinski definition) is 0. The number of fused-ring (bicyclic) bond motifs is 1. The van der Waals surface area contributed by atoms with Crippen molar-refractivity contribution in [1.29, 1.82) is 0 Å². The van der Waals surface area contributed by atoms with E-state index in [0.29, 0.717) is 5.92 Å². The number of aryl methyl sites for hydroxylation is 1. The highest BCUT2D eigenvalue weighted by molar-refractivity contribution is 5.48. The van der Waals surface area contributed by atoms with Gasteiger partial charge in [0.1, 0.15) is 5.75 Å². The highest BCUT2D eigenvalue weighted by Gasteiger charge is 2.21. The van der Waals surface area contributed by atoms with E-state index in [1.165, 1.54) is 24.8 Å². The SMILES string of the molecule is CCc1c(OC)ccc2c1C(C)CCC2. The van der Waals surface area contributed by atoms with Crippen molar-refractivity contribution in [3.8, 4) is 5.75 Å². The molecular formula is C14H20O. The largest absolute Gasteiger partial charge is 0.496 e. The fourth-order valence-corrected chi connectivity index (χ4v) is 2.82. The van der Waals surface area contributed by atoms with Crippen molar-refractivity contribution in [2.24, 2.45) is 0 Å². The van der Waals surface area contributed by atoms with E-state index in [1.807, 2.05) is 0 Å². The number of rotatable bonds is 2. The van der Waals surface area contributed by atoms with Crippen molar-refractivity contribution >= 4 is 0 Å². The fraction of sp³-hybridized carbons (Fsp3) is 0.571. The van der Waals surface area contributed by atoms with Gasteiger partial charge in [-0.15, -0.1) is 0 Å². The molecule has 0 spiro atoms. The molecule has 1 aromatic rings. The molecule has 0 aromatic heterocycles. The lowest BCUT2D eigenvalue weighted by atomic mass is 9.80. The monoisotopic (exact) mass is 204 g/mol. The van der Waals surface area contributed by atoms with Gasteiger partial charge in [-0.25, -0.2) is 0 Å². The van der Waals surface area contributed by atoms with E-state index in [2.05, 4.69) is 26.0 Å². The Morgan fingerprint density at radius 3 is 2.87 bits per heavy atom. The molecule has 1 aromatic carbocycles. The van der Waals surface area contributed by atoms with Crippen LogP contribution in [-0.2, 0) is 12.8 Å². The van der Waals surface area contributed by atoms with Gasteiger partial charge in [-0.1, -0.05) is 19.9 Å². The molecule has 1 heteroatoms. The summed E-state index contributed by atoms with van der Waals surface area (Å²) in [7, 11) is 1.77. The summed E-state index contributed by atoms with van der Waals surface area (Å²) in [6.07, 6.45) is 4.99. The van der Waals surface area contributed by atoms with Gasteiger partial charge < -0.3 is 4.74 Å². The van der Waals surface area contributed by atoms with Crippen molar-refractivity contribution in [2.45, 2.75) is 45.4 Å². The van der Waals surface area contributed by atoms with Crippen LogP contribution >= 0.6 is 0 Å². The maximum Gasteiger partial charge on any atom is 0.122 e. The van der Waals surface area contributed by atoms with E-state index >= 15 is 0 Å². The zero-order valence-electron chi connectivity index (χ0n) is 9.97. The van der Waals surface area contributed by atoms with Gasteiger partial charge >= 0.3 is 0 Å². The summed E-state index contributed by atoms with van der Waals surface area (Å²) >= 11 is 0. The van der Waals surface area contributed by atoms with Gasteiger partial charge in [0.2, 0.25) is 0 Å². The summed E-state index contributed by atoms with van der Waals surface area (Å²) in [6.45, 7) is 4.57. The maximum absolute atomic E-state index is 5.45. The first-order valence-electron chi connectivity index (χ1n) is 5.96. The average molecular weight is 204 g/mol. The number of methoxy groups -OCH3 is 1. The Bertz CT molecular complexity index is 355. The molecule has 0 aliphatic heterocycles. The van der Waals surface area contributed by atoms with E-state index < -0.39 is 0 Å². The van der Waals surface area contributed by atoms with Crippen molar-refractivity contribution in [2.75, 3.05) is 7.11 Å². The van der Waals surface area contributed by atoms with Crippen LogP contribution in [0.4, 0.5) is 0 Å². The standard InChI is InChI=1S/C14H20O/c1-4-12-13(15-3)9-8-11-7-5-6-10(2)14(11)12/h8-10H,4-7H2,1-3H3. The van der Waals surface area contributed by atoms with E-state index in [0.717, 1.165) is 12.2 Å². The van der Waals surface area contributed by atoms with Gasteiger partial charge in [-0.3, -0.25) is 0 Å². The molecule has 1 atom stereocenters. The van der Waals surface area contributed by atoms with Crippen molar-refractivity contribution in [3.63, 3.8) is 0 Å². The molecule has 1 aliphatic carbocycles. The average Bonchev–Trinajstić information content (AvgIpc) is 2.28. The zero-order valence-corrected chi connectivity index (χ0v) is 9.97. The third-order valence-electron chi connectivity index (χ3n) is 3.55. The Kier molecular flexibility index (Phi) is 2.99. The van der Waals surface area contributed by atoms with Gasteiger partial charge in [0.15, 0.2) is 0 Å². The van der Waals surface area contributed by atoms with Crippen LogP contribution in [0.1, 0.15) is 49.3 Å². The highest BCUT2D eigenvalue weighted by atomic mass is 16.5. The normalized spacial score (nSPS) is 19.8. The predicted octanol–water partition coefficient (Wildman–Crippen LogP) is 3.70. The fourth-order valence-electron chi connectivity index (χ4n) is 2.82. The van der Waals surface area contributed by atoms with Crippen LogP contribution in [0.5, 0.6) is 5.75 Å². The molecule has 82 valence electrons. The molecule has 2 rings (SSSR count). The Morgan fingerprint density at radius 2 is 2.20 bits per heavy atom. The maximum atomic E-state index is 5.45. The van der Waals surface area contributed by atoms with Crippen LogP contribution in [0.3, 0.4) is 0 Å². The summed E-state index contributed by atoms with van der Waals surface area (Å²) in [5, 5.41) is 0. The summed E-state index contributed by atoms with van der Waals surface area (Å²) in [4.78, 5) is 0. The van der Waals surface area contributed by atoms with Crippen molar-refractivity contribution in [3.05, 3.63) is 28.8 Å². The van der Waals surface area contributed by atoms with E-state index in [1.54, 1.807) is 18.2 Å². The molecular weight excluding hydrogens is 184 g/mol. The number of ether oxygens (including phenoxy) is 1. The molecule has 15 heavy (non-hydrogen) atoms. The Morgan fingerprint density at radius 1 is 1.40 bits per heavy atom. The van der Waals surface area contributed by atoms with E-state index in [9.17, 15) is 0 Å². The second-order valence-corrected chi connectivity index (χ2v) is 4.47. The topological polar surface area (TPSA) is 9.23 Å². The minimum atomic E-state index is 0.707. The number of benzene rings is 1. The second kappa shape index (κ2) is 4.26. The second-order valence-electron chi connectivity index (χ2n) is 4.47. The Balaban J connectivity index is 2.56. The van der Waals surface area contributed by atoms with Gasteiger partial charge in [0.25, 0.3) is 0 Å². The molecule has 1 unspecified atom stereocenters. The molecule has 0 radical (unpaired) electrons. The minimum absolute atomic E-state index is 0.707. The minimum Gasteiger partial charge on any atom is -0.496 e. The van der Waals surface area contributed by atoms with Crippen molar-refractivity contribution < 1.29 is 4.74 Å². The third-order valence-corrected chi connectivity index (χ3v) is 3.55. The molecule has 0 heterocycles. The van der Waals surface area contributed by atoms with Crippen LogP contribution in [0.2, 0.25) is 0 Å². The van der Waals surface area contributed by atoms with Gasteiger partial charge in [0.05, 0.1) is 7.11 Å². The van der Waals surface area contributed by atoms with Gasteiger partial charge in [0, 0.05) is 0 Å². The molecule has 0 saturated carbocycles. The summed E-state index contributed by atoms with van der Waals surface area (Å²) < 4.78 is 5.45. The zero-order chi connectivity index (χ0) is 10.8. The third kappa shape index (κ3) is 1.75. The van der Waals surface area contributed by atoms with Crippen LogP contribution < -0.4 is 4.74 Å². The first kappa shape index (κ1) is 10.5. The molecule has 1 aliphatic rings. The first-order chi connectivity index (χ1) is 7.27. The molecule has 0 saturated heterocycles. The van der Waals surface area contributed by atoms with E-state index in [-0.39, 0.29) is 0 Å². The highest BCUT2D eigenvalue weighted by Crippen LogP contribution is 2.37. The van der Waals surface area contributed by atoms with Gasteiger partial charge in [-0.2, -0.15) is 0 Å². The molecule has 0 amide bonds. The number of hydrogen-bond acceptors (Lipinski definition) is 1. The molecule has 1 nitrogen and oxygen atoms in total. The summed E-state index contributed by atoms with van der Waals surface area (Å²) in [5.74, 6) is 1.78.